The molecule has 7 nitrogen and oxygen atoms in total. The predicted octanol–water partition coefficient (Wildman–Crippen LogP) is 1.89. The molecule has 2 aliphatic heterocycles. The van der Waals surface area contributed by atoms with Crippen LogP contribution in [0.5, 0.6) is 0 Å². The molecule has 26 heavy (non-hydrogen) atoms. The van der Waals surface area contributed by atoms with E-state index in [0.717, 1.165) is 67.7 Å². The van der Waals surface area contributed by atoms with Gasteiger partial charge in [-0.1, -0.05) is 0 Å². The Balaban J connectivity index is 1.53. The summed E-state index contributed by atoms with van der Waals surface area (Å²) in [6.45, 7) is 5.76. The molecule has 1 unspecified atom stereocenters. The van der Waals surface area contributed by atoms with Crippen molar-refractivity contribution in [2.24, 2.45) is 0 Å². The summed E-state index contributed by atoms with van der Waals surface area (Å²) >= 11 is 0. The van der Waals surface area contributed by atoms with Gasteiger partial charge >= 0.3 is 0 Å². The first-order valence-corrected chi connectivity index (χ1v) is 9.07. The summed E-state index contributed by atoms with van der Waals surface area (Å²) in [5.74, 6) is 0. The average molecular weight is 348 g/mol. The monoisotopic (exact) mass is 348 g/mol. The zero-order valence-electron chi connectivity index (χ0n) is 14.5. The van der Waals surface area contributed by atoms with Crippen LogP contribution in [0.4, 0.5) is 5.69 Å². The molecular weight excluding hydrogens is 328 g/mol. The number of hydrogen-bond donors (Lipinski definition) is 1. The fourth-order valence-electron chi connectivity index (χ4n) is 4.23. The fourth-order valence-corrected chi connectivity index (χ4v) is 4.23. The molecule has 0 radical (unpaired) electrons. The van der Waals surface area contributed by atoms with E-state index in [4.69, 9.17) is 4.74 Å². The number of aromatic nitrogens is 3. The summed E-state index contributed by atoms with van der Waals surface area (Å²) < 4.78 is 5.49. The second-order valence-corrected chi connectivity index (χ2v) is 6.94. The summed E-state index contributed by atoms with van der Waals surface area (Å²) in [6.07, 6.45) is 4.74. The molecule has 0 bridgehead atoms. The van der Waals surface area contributed by atoms with Gasteiger partial charge in [-0.05, 0) is 18.6 Å². The topological polar surface area (TPSA) is 81.1 Å². The minimum absolute atomic E-state index is 0.431. The van der Waals surface area contributed by atoms with Crippen molar-refractivity contribution in [3.8, 4) is 6.07 Å². The van der Waals surface area contributed by atoms with Crippen LogP contribution < -0.4 is 4.90 Å². The number of nitriles is 1. The highest BCUT2D eigenvalue weighted by Crippen LogP contribution is 2.34. The molecule has 0 saturated carbocycles. The molecule has 0 aromatic carbocycles. The van der Waals surface area contributed by atoms with E-state index in [2.05, 4.69) is 36.9 Å². The number of H-pyrrole nitrogens is 1. The van der Waals surface area contributed by atoms with E-state index in [1.807, 2.05) is 12.3 Å². The van der Waals surface area contributed by atoms with Crippen molar-refractivity contribution < 1.29 is 4.74 Å². The second-order valence-electron chi connectivity index (χ2n) is 6.94. The Labute approximate surface area is 151 Å². The SMILES string of the molecule is N#Cc1cc2c(cn1)[nH]c1nccc(N3CCC(N4CCOCC4)C3)c12. The lowest BCUT2D eigenvalue weighted by Crippen LogP contribution is -2.44. The lowest BCUT2D eigenvalue weighted by molar-refractivity contribution is 0.0209. The van der Waals surface area contributed by atoms with E-state index in [9.17, 15) is 5.26 Å². The van der Waals surface area contributed by atoms with E-state index in [0.29, 0.717) is 11.7 Å². The first-order chi connectivity index (χ1) is 12.8. The Kier molecular flexibility index (Phi) is 3.73. The molecule has 1 atom stereocenters. The van der Waals surface area contributed by atoms with Crippen LogP contribution >= 0.6 is 0 Å². The van der Waals surface area contributed by atoms with Crippen molar-refractivity contribution >= 4 is 27.6 Å². The smallest absolute Gasteiger partial charge is 0.141 e. The fraction of sp³-hybridized carbons (Fsp3) is 0.421. The summed E-state index contributed by atoms with van der Waals surface area (Å²) in [6, 6.07) is 6.65. The van der Waals surface area contributed by atoms with Crippen molar-refractivity contribution in [2.45, 2.75) is 12.5 Å². The van der Waals surface area contributed by atoms with E-state index in [-0.39, 0.29) is 0 Å². The largest absolute Gasteiger partial charge is 0.379 e. The van der Waals surface area contributed by atoms with Crippen molar-refractivity contribution in [1.82, 2.24) is 19.9 Å². The summed E-state index contributed by atoms with van der Waals surface area (Å²) in [5, 5.41) is 11.3. The third kappa shape index (κ3) is 2.50. The number of rotatable bonds is 2. The highest BCUT2D eigenvalue weighted by atomic mass is 16.5. The van der Waals surface area contributed by atoms with Gasteiger partial charge in [0.1, 0.15) is 17.4 Å². The first-order valence-electron chi connectivity index (χ1n) is 9.07. The van der Waals surface area contributed by atoms with Gasteiger partial charge in [0.15, 0.2) is 0 Å². The second kappa shape index (κ2) is 6.24. The number of ether oxygens (including phenoxy) is 1. The third-order valence-electron chi connectivity index (χ3n) is 5.54. The standard InChI is InChI=1S/C19H20N6O/c20-10-13-9-15-16(11-22-13)23-19-18(15)17(1-3-21-19)25-4-2-14(12-25)24-5-7-26-8-6-24/h1,3,9,11,14H,2,4-8,12H2,(H,21,23). The molecule has 7 heteroatoms. The number of fused-ring (bicyclic) bond motifs is 3. The highest BCUT2D eigenvalue weighted by Gasteiger charge is 2.30. The highest BCUT2D eigenvalue weighted by molar-refractivity contribution is 6.12. The normalized spacial score (nSPS) is 21.5. The Morgan fingerprint density at radius 2 is 2.12 bits per heavy atom. The summed E-state index contributed by atoms with van der Waals surface area (Å²) in [4.78, 5) is 17.0. The maximum atomic E-state index is 9.20. The zero-order chi connectivity index (χ0) is 17.5. The van der Waals surface area contributed by atoms with Crippen LogP contribution in [0.1, 0.15) is 12.1 Å². The van der Waals surface area contributed by atoms with E-state index in [1.165, 1.54) is 5.69 Å². The van der Waals surface area contributed by atoms with Gasteiger partial charge in [0.25, 0.3) is 0 Å². The molecule has 5 rings (SSSR count). The van der Waals surface area contributed by atoms with Crippen molar-refractivity contribution in [3.05, 3.63) is 30.2 Å². The Morgan fingerprint density at radius 1 is 1.23 bits per heavy atom. The lowest BCUT2D eigenvalue weighted by Gasteiger charge is -2.32. The molecule has 0 spiro atoms. The quantitative estimate of drug-likeness (QED) is 0.762. The van der Waals surface area contributed by atoms with E-state index in [1.54, 1.807) is 6.20 Å². The minimum atomic E-state index is 0.431. The molecule has 2 saturated heterocycles. The van der Waals surface area contributed by atoms with Crippen LogP contribution in [0.2, 0.25) is 0 Å². The Morgan fingerprint density at radius 3 is 2.96 bits per heavy atom. The molecule has 2 fully saturated rings. The van der Waals surface area contributed by atoms with Gasteiger partial charge < -0.3 is 14.6 Å². The molecule has 0 amide bonds. The number of pyridine rings is 2. The average Bonchev–Trinajstić information content (AvgIpc) is 3.33. The minimum Gasteiger partial charge on any atom is -0.379 e. The van der Waals surface area contributed by atoms with Gasteiger partial charge in [-0.3, -0.25) is 4.90 Å². The molecule has 1 N–H and O–H groups in total. The third-order valence-corrected chi connectivity index (χ3v) is 5.54. The number of nitrogens with one attached hydrogen (secondary N) is 1. The number of nitrogens with zero attached hydrogens (tertiary/aromatic N) is 5. The summed E-state index contributed by atoms with van der Waals surface area (Å²) in [5.41, 5.74) is 3.39. The number of aromatic amines is 1. The van der Waals surface area contributed by atoms with Gasteiger partial charge in [0.2, 0.25) is 0 Å². The van der Waals surface area contributed by atoms with Crippen molar-refractivity contribution in [3.63, 3.8) is 0 Å². The van der Waals surface area contributed by atoms with Crippen LogP contribution in [0.3, 0.4) is 0 Å². The van der Waals surface area contributed by atoms with Crippen molar-refractivity contribution in [2.75, 3.05) is 44.3 Å². The van der Waals surface area contributed by atoms with Gasteiger partial charge in [-0.25, -0.2) is 9.97 Å². The first kappa shape index (κ1) is 15.6. The van der Waals surface area contributed by atoms with Crippen LogP contribution in [0.15, 0.2) is 24.5 Å². The van der Waals surface area contributed by atoms with Crippen molar-refractivity contribution in [1.29, 1.82) is 5.26 Å². The molecular formula is C19H20N6O. The molecule has 5 heterocycles. The maximum Gasteiger partial charge on any atom is 0.141 e. The zero-order valence-corrected chi connectivity index (χ0v) is 14.5. The molecule has 0 aliphatic carbocycles. The van der Waals surface area contributed by atoms with Gasteiger partial charge in [0.05, 0.1) is 30.3 Å². The Bertz CT molecular complexity index is 1000. The van der Waals surface area contributed by atoms with Crippen LogP contribution in [-0.4, -0.2) is 65.3 Å². The predicted molar refractivity (Wildman–Crippen MR) is 99.1 cm³/mol. The number of hydrogen-bond acceptors (Lipinski definition) is 6. The van der Waals surface area contributed by atoms with Crippen LogP contribution in [0, 0.1) is 11.3 Å². The van der Waals surface area contributed by atoms with E-state index >= 15 is 0 Å². The molecule has 3 aromatic heterocycles. The Hall–Kier alpha value is -2.69. The lowest BCUT2D eigenvalue weighted by atomic mass is 10.1. The molecule has 2 aliphatic rings. The van der Waals surface area contributed by atoms with E-state index < -0.39 is 0 Å². The molecule has 132 valence electrons. The summed E-state index contributed by atoms with van der Waals surface area (Å²) in [7, 11) is 0. The molecule has 3 aromatic rings. The van der Waals surface area contributed by atoms with Gasteiger partial charge in [0, 0.05) is 49.5 Å². The number of anilines is 1. The number of morpholine rings is 1. The van der Waals surface area contributed by atoms with Gasteiger partial charge in [-0.2, -0.15) is 5.26 Å². The van der Waals surface area contributed by atoms with Crippen LogP contribution in [-0.2, 0) is 4.74 Å². The van der Waals surface area contributed by atoms with Crippen LogP contribution in [0.25, 0.3) is 21.9 Å². The maximum absolute atomic E-state index is 9.20. The van der Waals surface area contributed by atoms with Gasteiger partial charge in [-0.15, -0.1) is 0 Å².